The predicted molar refractivity (Wildman–Crippen MR) is 230 cm³/mol. The first-order valence-corrected chi connectivity index (χ1v) is 18.7. The molecule has 56 heavy (non-hydrogen) atoms. The van der Waals surface area contributed by atoms with Crippen molar-refractivity contribution < 1.29 is 9.59 Å². The third-order valence-corrected chi connectivity index (χ3v) is 10.2. The monoisotopic (exact) mass is 720 g/mol. The summed E-state index contributed by atoms with van der Waals surface area (Å²) in [5.41, 5.74) is 12.3. The average molecular weight is 721 g/mol. The van der Waals surface area contributed by atoms with Crippen molar-refractivity contribution in [3.8, 4) is 22.3 Å². The first kappa shape index (κ1) is 34.2. The van der Waals surface area contributed by atoms with E-state index in [2.05, 4.69) is 119 Å². The van der Waals surface area contributed by atoms with Crippen LogP contribution in [0.25, 0.3) is 28.3 Å². The van der Waals surface area contributed by atoms with Crippen molar-refractivity contribution in [2.75, 3.05) is 9.80 Å². The van der Waals surface area contributed by atoms with E-state index in [0.29, 0.717) is 11.1 Å². The molecule has 0 fully saturated rings. The molecule has 8 aromatic rings. The molecular formula is C52H36N2O2. The van der Waals surface area contributed by atoms with E-state index < -0.39 is 0 Å². The molecule has 9 rings (SSSR count). The highest BCUT2D eigenvalue weighted by atomic mass is 16.2. The SMILES string of the molecule is O=C1/C(=C\c2ccc(N(c3ccccc3)c3ccc(-c4ccc(N(c5ccccc5)c5ccccc5)cc4)cc3)cc2)C(=O)c2cc(-c3ccccc3)ccc21. The molecule has 0 bridgehead atoms. The largest absolute Gasteiger partial charge is 0.311 e. The number of carbonyl (C=O) groups excluding carboxylic acids is 2. The lowest BCUT2D eigenvalue weighted by molar-refractivity contribution is 0.0990. The minimum Gasteiger partial charge on any atom is -0.311 e. The molecule has 1 aliphatic rings. The number of Topliss-reactive ketones (excluding diaryl/α,β-unsaturated/α-hetero) is 2. The molecule has 8 aromatic carbocycles. The fraction of sp³-hybridized carbons (Fsp3) is 0. The Morgan fingerprint density at radius 3 is 1.09 bits per heavy atom. The number of hydrogen-bond donors (Lipinski definition) is 0. The van der Waals surface area contributed by atoms with E-state index in [-0.39, 0.29) is 17.1 Å². The smallest absolute Gasteiger partial charge is 0.197 e. The third-order valence-electron chi connectivity index (χ3n) is 10.2. The van der Waals surface area contributed by atoms with E-state index in [0.717, 1.165) is 61.9 Å². The van der Waals surface area contributed by atoms with Gasteiger partial charge in [0, 0.05) is 45.3 Å². The predicted octanol–water partition coefficient (Wildman–Crippen LogP) is 13.4. The lowest BCUT2D eigenvalue weighted by Crippen LogP contribution is -2.10. The molecule has 266 valence electrons. The van der Waals surface area contributed by atoms with Crippen LogP contribution in [0, 0.1) is 0 Å². The van der Waals surface area contributed by atoms with E-state index >= 15 is 0 Å². The molecule has 0 heterocycles. The van der Waals surface area contributed by atoms with Gasteiger partial charge in [-0.3, -0.25) is 9.59 Å². The maximum absolute atomic E-state index is 13.5. The van der Waals surface area contributed by atoms with Crippen molar-refractivity contribution in [3.05, 3.63) is 235 Å². The fourth-order valence-corrected chi connectivity index (χ4v) is 7.38. The quantitative estimate of drug-likeness (QED) is 0.110. The fourth-order valence-electron chi connectivity index (χ4n) is 7.38. The number of nitrogens with zero attached hydrogens (tertiary/aromatic N) is 2. The van der Waals surface area contributed by atoms with Crippen LogP contribution in [0.15, 0.2) is 218 Å². The average Bonchev–Trinajstić information content (AvgIpc) is 3.50. The molecule has 0 amide bonds. The number of carbonyl (C=O) groups is 2. The van der Waals surface area contributed by atoms with Gasteiger partial charge in [-0.05, 0) is 119 Å². The van der Waals surface area contributed by atoms with Crippen LogP contribution in [0.5, 0.6) is 0 Å². The van der Waals surface area contributed by atoms with Crippen molar-refractivity contribution in [1.29, 1.82) is 0 Å². The number of para-hydroxylation sites is 3. The zero-order valence-corrected chi connectivity index (χ0v) is 30.5. The third kappa shape index (κ3) is 6.72. The summed E-state index contributed by atoms with van der Waals surface area (Å²) in [6, 6.07) is 71.7. The van der Waals surface area contributed by atoms with Gasteiger partial charge in [-0.2, -0.15) is 0 Å². The summed E-state index contributed by atoms with van der Waals surface area (Å²) in [7, 11) is 0. The number of rotatable bonds is 9. The minimum absolute atomic E-state index is 0.189. The lowest BCUT2D eigenvalue weighted by atomic mass is 10.0. The van der Waals surface area contributed by atoms with Gasteiger partial charge in [-0.1, -0.05) is 127 Å². The van der Waals surface area contributed by atoms with Gasteiger partial charge in [-0.25, -0.2) is 0 Å². The van der Waals surface area contributed by atoms with Crippen LogP contribution < -0.4 is 9.80 Å². The van der Waals surface area contributed by atoms with Gasteiger partial charge in [-0.15, -0.1) is 0 Å². The number of benzene rings is 8. The highest BCUT2D eigenvalue weighted by Crippen LogP contribution is 2.38. The van der Waals surface area contributed by atoms with Gasteiger partial charge in [0.05, 0.1) is 5.57 Å². The van der Waals surface area contributed by atoms with Gasteiger partial charge in [0.25, 0.3) is 0 Å². The van der Waals surface area contributed by atoms with Crippen LogP contribution in [0.2, 0.25) is 0 Å². The van der Waals surface area contributed by atoms with Gasteiger partial charge < -0.3 is 9.80 Å². The Hall–Kier alpha value is -7.56. The molecule has 1 aliphatic carbocycles. The number of hydrogen-bond acceptors (Lipinski definition) is 4. The molecule has 0 radical (unpaired) electrons. The maximum atomic E-state index is 13.5. The van der Waals surface area contributed by atoms with Crippen LogP contribution >= 0.6 is 0 Å². The summed E-state index contributed by atoms with van der Waals surface area (Å²) in [4.78, 5) is 31.4. The minimum atomic E-state index is -0.239. The number of ketones is 2. The van der Waals surface area contributed by atoms with Crippen LogP contribution in [-0.4, -0.2) is 11.6 Å². The van der Waals surface area contributed by atoms with E-state index in [1.165, 1.54) is 0 Å². The summed E-state index contributed by atoms with van der Waals surface area (Å²) < 4.78 is 0. The summed E-state index contributed by atoms with van der Waals surface area (Å²) in [5.74, 6) is -0.476. The topological polar surface area (TPSA) is 40.6 Å². The van der Waals surface area contributed by atoms with E-state index in [1.807, 2.05) is 97.1 Å². The van der Waals surface area contributed by atoms with E-state index in [1.54, 1.807) is 12.1 Å². The molecule has 0 aliphatic heterocycles. The Morgan fingerprint density at radius 2 is 0.643 bits per heavy atom. The standard InChI is InChI=1S/C52H36N2O2/c55-51-48-34-27-41(38-13-5-1-6-14-38)36-49(48)52(56)50(51)35-37-21-28-45(29-22-37)54(44-19-11-4-12-20-44)47-32-25-40(26-33-47)39-23-30-46(31-24-39)53(42-15-7-2-8-16-42)43-17-9-3-10-18-43/h1-36H/b50-35+. The molecule has 0 saturated carbocycles. The van der Waals surface area contributed by atoms with Crippen molar-refractivity contribution >= 4 is 51.8 Å². The normalized spacial score (nSPS) is 12.8. The zero-order chi connectivity index (χ0) is 37.8. The summed E-state index contributed by atoms with van der Waals surface area (Å²) in [5, 5.41) is 0. The first-order chi connectivity index (χ1) is 27.6. The highest BCUT2D eigenvalue weighted by molar-refractivity contribution is 6.41. The molecule has 4 nitrogen and oxygen atoms in total. The second-order valence-electron chi connectivity index (χ2n) is 13.7. The number of anilines is 6. The van der Waals surface area contributed by atoms with Crippen LogP contribution in [0.4, 0.5) is 34.1 Å². The summed E-state index contributed by atoms with van der Waals surface area (Å²) in [6.07, 6.45) is 1.71. The second-order valence-corrected chi connectivity index (χ2v) is 13.7. The summed E-state index contributed by atoms with van der Waals surface area (Å²) >= 11 is 0. The molecule has 0 unspecified atom stereocenters. The van der Waals surface area contributed by atoms with Crippen LogP contribution in [0.3, 0.4) is 0 Å². The molecule has 0 atom stereocenters. The van der Waals surface area contributed by atoms with Gasteiger partial charge >= 0.3 is 0 Å². The lowest BCUT2D eigenvalue weighted by Gasteiger charge is -2.26. The Morgan fingerprint density at radius 1 is 0.304 bits per heavy atom. The van der Waals surface area contributed by atoms with Crippen LogP contribution in [-0.2, 0) is 0 Å². The van der Waals surface area contributed by atoms with E-state index in [9.17, 15) is 9.59 Å². The molecule has 0 spiro atoms. The van der Waals surface area contributed by atoms with Gasteiger partial charge in [0.15, 0.2) is 11.6 Å². The number of fused-ring (bicyclic) bond motifs is 1. The van der Waals surface area contributed by atoms with Crippen LogP contribution in [0.1, 0.15) is 26.3 Å². The molecule has 4 heteroatoms. The Kier molecular flexibility index (Phi) is 9.20. The Labute approximate surface area is 326 Å². The second kappa shape index (κ2) is 15.1. The van der Waals surface area contributed by atoms with Crippen molar-refractivity contribution in [3.63, 3.8) is 0 Å². The highest BCUT2D eigenvalue weighted by Gasteiger charge is 2.33. The van der Waals surface area contributed by atoms with Crippen molar-refractivity contribution in [2.24, 2.45) is 0 Å². The van der Waals surface area contributed by atoms with Crippen molar-refractivity contribution in [1.82, 2.24) is 0 Å². The molecular weight excluding hydrogens is 685 g/mol. The Bertz CT molecular complexity index is 2630. The Balaban J connectivity index is 0.975. The zero-order valence-electron chi connectivity index (χ0n) is 30.5. The number of allylic oxidation sites excluding steroid dienone is 1. The maximum Gasteiger partial charge on any atom is 0.197 e. The molecule has 0 N–H and O–H groups in total. The molecule has 0 aromatic heterocycles. The summed E-state index contributed by atoms with van der Waals surface area (Å²) in [6.45, 7) is 0. The van der Waals surface area contributed by atoms with Crippen molar-refractivity contribution in [2.45, 2.75) is 0 Å². The van der Waals surface area contributed by atoms with Gasteiger partial charge in [0.1, 0.15) is 0 Å². The van der Waals surface area contributed by atoms with E-state index in [4.69, 9.17) is 0 Å². The molecule has 0 saturated heterocycles. The van der Waals surface area contributed by atoms with Gasteiger partial charge in [0.2, 0.25) is 0 Å². The first-order valence-electron chi connectivity index (χ1n) is 18.7.